The summed E-state index contributed by atoms with van der Waals surface area (Å²) < 4.78 is 32.2. The number of nitrogens with one attached hydrogen (secondary N) is 5. The lowest BCUT2D eigenvalue weighted by molar-refractivity contribution is -0.149. The van der Waals surface area contributed by atoms with Crippen LogP contribution in [-0.2, 0) is 70.4 Å². The Morgan fingerprint density at radius 1 is 0.530 bits per heavy atom. The minimum Gasteiger partial charge on any atom is -0.490 e. The molecule has 0 unspecified atom stereocenters. The van der Waals surface area contributed by atoms with E-state index in [4.69, 9.17) is 29.8 Å². The average molecular weight is 1660 g/mol. The monoisotopic (exact) mass is 1660 g/mol. The van der Waals surface area contributed by atoms with Crippen molar-refractivity contribution < 1.29 is 82.1 Å². The summed E-state index contributed by atoms with van der Waals surface area (Å²) in [6.45, 7) is 35.5. The van der Waals surface area contributed by atoms with Crippen molar-refractivity contribution in [1.29, 1.82) is 0 Å². The van der Waals surface area contributed by atoms with E-state index in [9.17, 15) is 48.6 Å². The van der Waals surface area contributed by atoms with Crippen LogP contribution >= 0.6 is 22.7 Å². The van der Waals surface area contributed by atoms with Gasteiger partial charge in [-0.3, -0.25) is 33.6 Å². The molecule has 10 N–H and O–H groups in total. The summed E-state index contributed by atoms with van der Waals surface area (Å²) in [7, 11) is 0. The highest BCUT2D eigenvalue weighted by Crippen LogP contribution is 2.35. The van der Waals surface area contributed by atoms with Crippen molar-refractivity contribution in [3.05, 3.63) is 131 Å². The van der Waals surface area contributed by atoms with Crippen LogP contribution < -0.4 is 51.6 Å². The smallest absolute Gasteiger partial charge is 0.329 e. The number of rotatable bonds is 25. The maximum atomic E-state index is 13.9. The van der Waals surface area contributed by atoms with Gasteiger partial charge < -0.3 is 95.7 Å². The first-order chi connectivity index (χ1) is 55.3. The molecule has 4 saturated heterocycles. The van der Waals surface area contributed by atoms with Gasteiger partial charge in [0.2, 0.25) is 29.5 Å². The molecule has 6 atom stereocenters. The zero-order valence-electron chi connectivity index (χ0n) is 70.1. The van der Waals surface area contributed by atoms with Gasteiger partial charge in [-0.25, -0.2) is 14.8 Å². The maximum Gasteiger partial charge on any atom is 0.329 e. The molecular formula is C86H122N12O17S2. The van der Waals surface area contributed by atoms with Crippen LogP contribution in [0.2, 0.25) is 0 Å². The number of anilines is 2. The quantitative estimate of drug-likeness (QED) is 0.0243. The number of aromatic nitrogens is 2. The lowest BCUT2D eigenvalue weighted by Gasteiger charge is -2.36. The minimum absolute atomic E-state index is 0.0146. The summed E-state index contributed by atoms with van der Waals surface area (Å²) in [6.07, 6.45) is 1.69. The highest BCUT2D eigenvalue weighted by Gasteiger charge is 2.46. The molecule has 4 aromatic carbocycles. The Bertz CT molecular complexity index is 4120. The largest absolute Gasteiger partial charge is 0.490 e. The summed E-state index contributed by atoms with van der Waals surface area (Å²) >= 11 is 3.18. The standard InChI is InChI=1S/C38H50N6O6S.C22H30N4O3S.C16H22N2O4.2C5H10O2/c1-24-34(51-23-41-24)26-7-5-25(6-8-26)20-40-36(47)32-17-28(45)21-44(32)37(48)35(38(2,3)4)42-33(46)22-49-30-18-31(19-30)50-29-11-9-27(10-12-29)43-15-13-39-14-16-43;1-13-18(30-12-25-13)15-7-5-14(6-8-15)10-24-20(28)17-9-16(27)11-26(17)21(29)19(23)22(2,3)4;19-16(20)11-21-14-9-15(10-14)22-13-3-1-12(2-4-13)18-7-5-17-6-8-18;2*1-5(2,3)7-4-6/h5-12,23,28,30-32,35,39,45H,13-22H2,1-4H3,(H,40,47)(H,42,46);5-8,12,16-17,19,27H,9-11,23H2,1-4H3,(H,24,28);1-4,14-15,17H,5-11H2,(H,19,20);2*4H,1-3H3/t28-,30?,31?,32+,35-;16-,17+,19-;;;/m11.../s1. The molecule has 29 nitrogen and oxygen atoms in total. The number of aliphatic carboxylic acids is 1. The second kappa shape index (κ2) is 43.5. The Kier molecular flexibility index (Phi) is 34.7. The number of benzene rings is 4. The summed E-state index contributed by atoms with van der Waals surface area (Å²) in [5.74, 6) is -0.981. The zero-order chi connectivity index (χ0) is 85.4. The molecule has 12 rings (SSSR count). The number of piperazine rings is 2. The molecule has 117 heavy (non-hydrogen) atoms. The van der Waals surface area contributed by atoms with E-state index in [-0.39, 0.29) is 99.0 Å². The number of carbonyl (C=O) groups is 8. The Labute approximate surface area is 695 Å². The molecule has 6 aromatic rings. The van der Waals surface area contributed by atoms with Crippen molar-refractivity contribution in [3.63, 3.8) is 0 Å². The van der Waals surface area contributed by atoms with E-state index in [2.05, 4.69) is 80.1 Å². The summed E-state index contributed by atoms with van der Waals surface area (Å²) in [4.78, 5) is 114. The fourth-order valence-electron chi connectivity index (χ4n) is 13.4. The topological polar surface area (TPSA) is 378 Å². The van der Waals surface area contributed by atoms with Crippen LogP contribution in [0, 0.1) is 24.7 Å². The number of carboxylic acids is 1. The fourth-order valence-corrected chi connectivity index (χ4v) is 15.0. The average Bonchev–Trinajstić information content (AvgIpc) is 1.67. The van der Waals surface area contributed by atoms with E-state index >= 15 is 0 Å². The molecule has 0 spiro atoms. The van der Waals surface area contributed by atoms with Crippen molar-refractivity contribution in [2.75, 3.05) is 88.5 Å². The predicted octanol–water partition coefficient (Wildman–Crippen LogP) is 8.36. The molecule has 31 heteroatoms. The van der Waals surface area contributed by atoms with Crippen LogP contribution in [0.5, 0.6) is 11.5 Å². The molecule has 6 aliphatic rings. The van der Waals surface area contributed by atoms with E-state index in [0.29, 0.717) is 32.3 Å². The van der Waals surface area contributed by atoms with Gasteiger partial charge in [0.25, 0.3) is 12.9 Å². The number of amides is 5. The number of likely N-dealkylation sites (tertiary alicyclic amines) is 2. The number of aliphatic hydroxyl groups is 2. The molecule has 0 radical (unpaired) electrons. The van der Waals surface area contributed by atoms with Gasteiger partial charge in [0, 0.05) is 128 Å². The van der Waals surface area contributed by atoms with Crippen LogP contribution in [0.4, 0.5) is 11.4 Å². The number of nitrogens with zero attached hydrogens (tertiary/aromatic N) is 6. The SMILES string of the molecule is CC(C)(C)OC=O.CC(C)(C)OC=O.Cc1ncsc1-c1ccc(CNC(=O)[C@@H]2C[C@@H](O)CN2C(=O)[C@@H](N)C(C)(C)C)cc1.Cc1ncsc1-c1ccc(CNC(=O)[C@@H]2C[C@@H](O)CN2C(=O)[C@@H](NC(=O)COC2CC(Oc3ccc(N4CCNCC4)cc3)C2)C(C)(C)C)cc1.O=C(O)COC1CC(Oc2ccc(N3CCNCC3)cc2)C1. The molecule has 640 valence electrons. The van der Waals surface area contributed by atoms with E-state index in [1.165, 1.54) is 21.2 Å². The minimum atomic E-state index is -0.923. The highest BCUT2D eigenvalue weighted by molar-refractivity contribution is 7.13. The molecule has 4 aliphatic heterocycles. The van der Waals surface area contributed by atoms with Gasteiger partial charge >= 0.3 is 5.97 Å². The van der Waals surface area contributed by atoms with Crippen LogP contribution in [-0.4, -0.2) is 234 Å². The van der Waals surface area contributed by atoms with Gasteiger partial charge in [0.05, 0.1) is 62.6 Å². The summed E-state index contributed by atoms with van der Waals surface area (Å²) in [6, 6.07) is 29.0. The Morgan fingerprint density at radius 2 is 0.906 bits per heavy atom. The van der Waals surface area contributed by atoms with Gasteiger partial charge in [0.1, 0.15) is 66.2 Å². The van der Waals surface area contributed by atoms with E-state index in [0.717, 1.165) is 120 Å². The van der Waals surface area contributed by atoms with Crippen LogP contribution in [0.25, 0.3) is 20.9 Å². The number of hydrogen-bond donors (Lipinski definition) is 9. The van der Waals surface area contributed by atoms with Gasteiger partial charge in [0.15, 0.2) is 0 Å². The second-order valence-corrected chi connectivity index (χ2v) is 35.9. The second-order valence-electron chi connectivity index (χ2n) is 34.2. The lowest BCUT2D eigenvalue weighted by atomic mass is 9.85. The number of carboxylic acid groups (broad SMARTS) is 1. The molecular weight excluding hydrogens is 1540 g/mol. The Hall–Kier alpha value is -9.18. The fraction of sp³-hybridized carbons (Fsp3) is 0.558. The van der Waals surface area contributed by atoms with Gasteiger partial charge in [-0.2, -0.15) is 0 Å². The van der Waals surface area contributed by atoms with Gasteiger partial charge in [-0.15, -0.1) is 22.7 Å². The number of ether oxygens (including phenoxy) is 6. The van der Waals surface area contributed by atoms with Gasteiger partial charge in [-0.1, -0.05) is 90.1 Å². The van der Waals surface area contributed by atoms with Crippen molar-refractivity contribution in [2.24, 2.45) is 16.6 Å². The molecule has 2 aliphatic carbocycles. The first-order valence-electron chi connectivity index (χ1n) is 40.0. The number of carbonyl (C=O) groups excluding carboxylic acids is 7. The number of hydrogen-bond acceptors (Lipinski definition) is 25. The Morgan fingerprint density at radius 3 is 1.23 bits per heavy atom. The zero-order valence-corrected chi connectivity index (χ0v) is 71.7. The van der Waals surface area contributed by atoms with E-state index in [1.807, 2.05) is 181 Å². The van der Waals surface area contributed by atoms with Crippen molar-refractivity contribution >= 4 is 82.5 Å². The van der Waals surface area contributed by atoms with Crippen molar-refractivity contribution in [2.45, 2.75) is 221 Å². The first-order valence-corrected chi connectivity index (χ1v) is 41.8. The third kappa shape index (κ3) is 29.7. The van der Waals surface area contributed by atoms with Crippen LogP contribution in [0.1, 0.15) is 144 Å². The number of thiazole rings is 2. The maximum absolute atomic E-state index is 13.9. The molecule has 6 heterocycles. The molecule has 0 bridgehead atoms. The van der Waals surface area contributed by atoms with Gasteiger partial charge in [-0.05, 0) is 137 Å². The molecule has 2 saturated carbocycles. The number of aliphatic hydroxyl groups excluding tert-OH is 2. The van der Waals surface area contributed by atoms with E-state index < -0.39 is 65.0 Å². The number of β-amino-alcohol motifs (C(OH)–C–C–N with tert-alkyl or cyclic N) is 2. The molecule has 5 amide bonds. The highest BCUT2D eigenvalue weighted by atomic mass is 32.1. The number of aryl methyl sites for hydroxylation is 2. The third-order valence-electron chi connectivity index (χ3n) is 20.2. The van der Waals surface area contributed by atoms with E-state index in [1.54, 1.807) is 22.7 Å². The summed E-state index contributed by atoms with van der Waals surface area (Å²) in [5, 5.41) is 44.5. The van der Waals surface area contributed by atoms with Crippen molar-refractivity contribution in [1.82, 2.24) is 46.4 Å². The molecule has 6 fully saturated rings. The third-order valence-corrected chi connectivity index (χ3v) is 22.2. The first kappa shape index (κ1) is 93.3. The van der Waals surface area contributed by atoms with Crippen molar-refractivity contribution in [3.8, 4) is 32.4 Å². The number of nitrogens with two attached hydrogens (primary N) is 1. The Balaban J connectivity index is 0.000000217. The van der Waals surface area contributed by atoms with Crippen LogP contribution in [0.15, 0.2) is 108 Å². The lowest BCUT2D eigenvalue weighted by Crippen LogP contribution is -2.58. The summed E-state index contributed by atoms with van der Waals surface area (Å²) in [5.41, 5.74) is 16.5. The molecule has 2 aromatic heterocycles. The normalized spacial score (nSPS) is 21.0. The predicted molar refractivity (Wildman–Crippen MR) is 451 cm³/mol. The van der Waals surface area contributed by atoms with Crippen LogP contribution in [0.3, 0.4) is 0 Å².